The predicted molar refractivity (Wildman–Crippen MR) is 114 cm³/mol. The van der Waals surface area contributed by atoms with Crippen LogP contribution >= 0.6 is 0 Å². The third kappa shape index (κ3) is 4.61. The van der Waals surface area contributed by atoms with E-state index in [1.807, 2.05) is 36.4 Å². The summed E-state index contributed by atoms with van der Waals surface area (Å²) in [5, 5.41) is 5.92. The Morgan fingerprint density at radius 3 is 2.44 bits per heavy atom. The fraction of sp³-hybridized carbons (Fsp3) is 0.240. The second-order valence-electron chi connectivity index (χ2n) is 8.01. The summed E-state index contributed by atoms with van der Waals surface area (Å²) in [6, 6.07) is 12.3. The van der Waals surface area contributed by atoms with Crippen molar-refractivity contribution in [2.24, 2.45) is 5.92 Å². The number of hydrogen-bond acceptors (Lipinski definition) is 2. The molecule has 2 aromatic carbocycles. The highest BCUT2D eigenvalue weighted by Gasteiger charge is 2.32. The van der Waals surface area contributed by atoms with E-state index in [0.29, 0.717) is 48.7 Å². The quantitative estimate of drug-likeness (QED) is 0.595. The maximum absolute atomic E-state index is 14.4. The van der Waals surface area contributed by atoms with Gasteiger partial charge in [0.05, 0.1) is 5.56 Å². The first-order valence-corrected chi connectivity index (χ1v) is 10.3. The van der Waals surface area contributed by atoms with E-state index in [-0.39, 0.29) is 17.4 Å². The van der Waals surface area contributed by atoms with Gasteiger partial charge >= 0.3 is 6.18 Å². The van der Waals surface area contributed by atoms with Gasteiger partial charge in [-0.05, 0) is 42.5 Å². The molecule has 1 aliphatic heterocycles. The molecule has 0 saturated carbocycles. The fourth-order valence-electron chi connectivity index (χ4n) is 4.22. The average molecular weight is 442 g/mol. The lowest BCUT2D eigenvalue weighted by Gasteiger charge is -2.31. The van der Waals surface area contributed by atoms with Crippen molar-refractivity contribution in [1.29, 1.82) is 0 Å². The molecule has 7 heteroatoms. The van der Waals surface area contributed by atoms with Crippen molar-refractivity contribution in [2.45, 2.75) is 31.9 Å². The molecule has 0 bridgehead atoms. The van der Waals surface area contributed by atoms with Gasteiger partial charge in [0, 0.05) is 29.2 Å². The Morgan fingerprint density at radius 1 is 1.06 bits per heavy atom. The minimum Gasteiger partial charge on any atom is -0.345 e. The Labute approximate surface area is 183 Å². The van der Waals surface area contributed by atoms with Crippen molar-refractivity contribution in [1.82, 2.24) is 10.6 Å². The van der Waals surface area contributed by atoms with E-state index in [1.54, 1.807) is 0 Å². The molecular weight excluding hydrogens is 420 g/mol. The number of carbonyl (C=O) groups excluding carboxylic acids is 1. The zero-order valence-electron chi connectivity index (χ0n) is 17.2. The van der Waals surface area contributed by atoms with E-state index in [4.69, 9.17) is 0 Å². The molecular formula is C25H22F4N2O. The van der Waals surface area contributed by atoms with E-state index in [2.05, 4.69) is 17.2 Å². The molecule has 2 aromatic rings. The number of alkyl halides is 3. The standard InChI is InChI=1S/C25H22F4N2O/c1-15-30-23(21(24(32)31-15)13-16-5-3-2-4-6-16)18-9-7-17(8-10-18)20-12-11-19(14-22(20)26)25(27,28)29/h2-7,11-12,14,18,30H,1,8-10,13H2,(H,31,32). The van der Waals surface area contributed by atoms with Gasteiger partial charge in [0.15, 0.2) is 0 Å². The maximum Gasteiger partial charge on any atom is 0.416 e. The lowest BCUT2D eigenvalue weighted by molar-refractivity contribution is -0.137. The predicted octanol–water partition coefficient (Wildman–Crippen LogP) is 5.72. The van der Waals surface area contributed by atoms with Crippen LogP contribution in [0.25, 0.3) is 5.57 Å². The lowest BCUT2D eigenvalue weighted by Crippen LogP contribution is -2.41. The van der Waals surface area contributed by atoms with Crippen molar-refractivity contribution < 1.29 is 22.4 Å². The third-order valence-electron chi connectivity index (χ3n) is 5.83. The number of allylic oxidation sites excluding steroid dienone is 3. The largest absolute Gasteiger partial charge is 0.416 e. The summed E-state index contributed by atoms with van der Waals surface area (Å²) in [4.78, 5) is 12.7. The van der Waals surface area contributed by atoms with Crippen LogP contribution in [0.1, 0.15) is 36.0 Å². The minimum absolute atomic E-state index is 0.00206. The van der Waals surface area contributed by atoms with Crippen LogP contribution in [0.3, 0.4) is 0 Å². The number of nitrogens with one attached hydrogen (secondary N) is 2. The van der Waals surface area contributed by atoms with Gasteiger partial charge in [0.25, 0.3) is 5.91 Å². The molecule has 2 aliphatic rings. The molecule has 0 aromatic heterocycles. The zero-order valence-corrected chi connectivity index (χ0v) is 17.2. The molecule has 1 atom stereocenters. The summed E-state index contributed by atoms with van der Waals surface area (Å²) < 4.78 is 52.9. The molecule has 0 saturated heterocycles. The summed E-state index contributed by atoms with van der Waals surface area (Å²) in [5.74, 6) is -0.670. The highest BCUT2D eigenvalue weighted by atomic mass is 19.4. The molecule has 1 amide bonds. The molecule has 3 nitrogen and oxygen atoms in total. The number of rotatable bonds is 4. The van der Waals surface area contributed by atoms with E-state index < -0.39 is 17.6 Å². The highest BCUT2D eigenvalue weighted by Crippen LogP contribution is 2.38. The van der Waals surface area contributed by atoms with Crippen LogP contribution < -0.4 is 10.6 Å². The summed E-state index contributed by atoms with van der Waals surface area (Å²) in [6.45, 7) is 3.82. The molecule has 1 heterocycles. The molecule has 0 spiro atoms. The SMILES string of the molecule is C=C1NC(=O)C(Cc2ccccc2)=C(C2CC=C(c3ccc(C(F)(F)F)cc3F)CC2)N1. The van der Waals surface area contributed by atoms with Crippen molar-refractivity contribution in [3.05, 3.63) is 101 Å². The van der Waals surface area contributed by atoms with Crippen LogP contribution in [-0.4, -0.2) is 5.91 Å². The first kappa shape index (κ1) is 21.9. The Kier molecular flexibility index (Phi) is 5.91. The van der Waals surface area contributed by atoms with E-state index >= 15 is 0 Å². The van der Waals surface area contributed by atoms with E-state index in [9.17, 15) is 22.4 Å². The van der Waals surface area contributed by atoms with Gasteiger partial charge in [0.2, 0.25) is 0 Å². The van der Waals surface area contributed by atoms with Gasteiger partial charge in [-0.2, -0.15) is 13.2 Å². The van der Waals surface area contributed by atoms with Crippen LogP contribution in [0.2, 0.25) is 0 Å². The number of hydrogen-bond donors (Lipinski definition) is 2. The smallest absolute Gasteiger partial charge is 0.345 e. The first-order chi connectivity index (χ1) is 15.2. The van der Waals surface area contributed by atoms with E-state index in [0.717, 1.165) is 17.3 Å². The summed E-state index contributed by atoms with van der Waals surface area (Å²) in [6.07, 6.45) is -0.606. The first-order valence-electron chi connectivity index (χ1n) is 10.3. The van der Waals surface area contributed by atoms with Crippen molar-refractivity contribution in [3.63, 3.8) is 0 Å². The minimum atomic E-state index is -4.58. The topological polar surface area (TPSA) is 41.1 Å². The van der Waals surface area contributed by atoms with Crippen LogP contribution in [0.15, 0.2) is 78.3 Å². The van der Waals surface area contributed by atoms with Gasteiger partial charge in [-0.15, -0.1) is 0 Å². The maximum atomic E-state index is 14.4. The third-order valence-corrected chi connectivity index (χ3v) is 5.83. The van der Waals surface area contributed by atoms with Crippen molar-refractivity contribution in [2.75, 3.05) is 0 Å². The summed E-state index contributed by atoms with van der Waals surface area (Å²) in [7, 11) is 0. The highest BCUT2D eigenvalue weighted by molar-refractivity contribution is 5.97. The number of amides is 1. The fourth-order valence-corrected chi connectivity index (χ4v) is 4.22. The summed E-state index contributed by atoms with van der Waals surface area (Å²) >= 11 is 0. The molecule has 2 N–H and O–H groups in total. The molecule has 32 heavy (non-hydrogen) atoms. The van der Waals surface area contributed by atoms with Crippen molar-refractivity contribution in [3.8, 4) is 0 Å². The zero-order chi connectivity index (χ0) is 22.9. The normalized spacial score (nSPS) is 19.4. The van der Waals surface area contributed by atoms with Gasteiger partial charge in [-0.1, -0.05) is 49.1 Å². The molecule has 1 aliphatic carbocycles. The second kappa shape index (κ2) is 8.65. The van der Waals surface area contributed by atoms with Gasteiger partial charge in [-0.25, -0.2) is 4.39 Å². The van der Waals surface area contributed by atoms with Crippen LogP contribution in [0, 0.1) is 11.7 Å². The van der Waals surface area contributed by atoms with Crippen LogP contribution in [0.5, 0.6) is 0 Å². The number of carbonyl (C=O) groups is 1. The number of benzene rings is 2. The molecule has 0 radical (unpaired) electrons. The Balaban J connectivity index is 1.59. The van der Waals surface area contributed by atoms with Crippen LogP contribution in [0.4, 0.5) is 17.6 Å². The molecule has 0 fully saturated rings. The lowest BCUT2D eigenvalue weighted by atomic mass is 9.82. The molecule has 1 unspecified atom stereocenters. The Hall–Kier alpha value is -3.35. The van der Waals surface area contributed by atoms with E-state index in [1.165, 1.54) is 6.07 Å². The molecule has 4 rings (SSSR count). The Bertz CT molecular complexity index is 1120. The van der Waals surface area contributed by atoms with Crippen LogP contribution in [-0.2, 0) is 17.4 Å². The monoisotopic (exact) mass is 442 g/mol. The summed E-state index contributed by atoms with van der Waals surface area (Å²) in [5.41, 5.74) is 2.30. The van der Waals surface area contributed by atoms with Gasteiger partial charge < -0.3 is 10.6 Å². The number of halogens is 4. The van der Waals surface area contributed by atoms with Gasteiger partial charge in [0.1, 0.15) is 11.6 Å². The van der Waals surface area contributed by atoms with Crippen molar-refractivity contribution >= 4 is 11.5 Å². The second-order valence-corrected chi connectivity index (χ2v) is 8.01. The van der Waals surface area contributed by atoms with Gasteiger partial charge in [-0.3, -0.25) is 4.79 Å². The Morgan fingerprint density at radius 2 is 1.81 bits per heavy atom. The average Bonchev–Trinajstić information content (AvgIpc) is 2.76. The molecule has 166 valence electrons.